The number of amides is 1. The minimum atomic E-state index is -0.0462. The van der Waals surface area contributed by atoms with Gasteiger partial charge in [-0.05, 0) is 64.4 Å². The van der Waals surface area contributed by atoms with E-state index in [1.54, 1.807) is 17.7 Å². The molecule has 3 heterocycles. The summed E-state index contributed by atoms with van der Waals surface area (Å²) in [5.41, 5.74) is 1.14. The summed E-state index contributed by atoms with van der Waals surface area (Å²) in [5, 5.41) is 0.759. The molecule has 0 bridgehead atoms. The summed E-state index contributed by atoms with van der Waals surface area (Å²) in [6.07, 6.45) is 9.15. The van der Waals surface area contributed by atoms with Crippen molar-refractivity contribution in [2.45, 2.75) is 77.4 Å². The van der Waals surface area contributed by atoms with Gasteiger partial charge in [-0.1, -0.05) is 0 Å². The molecule has 1 aliphatic heterocycles. The standard InChI is InChI=1S/C19H25N3O2S/c1-12-6-5-7-13(2)22(12)16(23)10-21-11-20-18-17(19(21)24)14-8-3-4-9-15(14)25-18/h11-13H,3-10H2,1-2H3. The Morgan fingerprint density at radius 3 is 2.68 bits per heavy atom. The molecule has 1 saturated heterocycles. The van der Waals surface area contributed by atoms with Gasteiger partial charge < -0.3 is 4.90 Å². The Morgan fingerprint density at radius 2 is 1.92 bits per heavy atom. The Bertz CT molecular complexity index is 859. The molecule has 25 heavy (non-hydrogen) atoms. The van der Waals surface area contributed by atoms with Crippen LogP contribution < -0.4 is 5.56 Å². The van der Waals surface area contributed by atoms with Gasteiger partial charge in [-0.3, -0.25) is 14.2 Å². The highest BCUT2D eigenvalue weighted by atomic mass is 32.1. The molecule has 1 fully saturated rings. The number of nitrogens with zero attached hydrogens (tertiary/aromatic N) is 3. The molecule has 1 aliphatic carbocycles. The maximum atomic E-state index is 13.0. The first-order chi connectivity index (χ1) is 12.1. The van der Waals surface area contributed by atoms with E-state index < -0.39 is 0 Å². The smallest absolute Gasteiger partial charge is 0.262 e. The number of hydrogen-bond acceptors (Lipinski definition) is 4. The third kappa shape index (κ3) is 2.90. The Balaban J connectivity index is 1.66. The van der Waals surface area contributed by atoms with Gasteiger partial charge in [0.05, 0.1) is 11.7 Å². The van der Waals surface area contributed by atoms with Crippen LogP contribution in [0.15, 0.2) is 11.1 Å². The van der Waals surface area contributed by atoms with Crippen molar-refractivity contribution < 1.29 is 4.79 Å². The van der Waals surface area contributed by atoms with Crippen molar-refractivity contribution in [1.29, 1.82) is 0 Å². The predicted molar refractivity (Wildman–Crippen MR) is 100 cm³/mol. The molecule has 0 N–H and O–H groups in total. The van der Waals surface area contributed by atoms with Crippen molar-refractivity contribution in [1.82, 2.24) is 14.5 Å². The Morgan fingerprint density at radius 1 is 1.20 bits per heavy atom. The number of carbonyl (C=O) groups excluding carboxylic acids is 1. The van der Waals surface area contributed by atoms with Crippen molar-refractivity contribution in [2.24, 2.45) is 0 Å². The Kier molecular flexibility index (Phi) is 4.40. The van der Waals surface area contributed by atoms with Crippen molar-refractivity contribution in [2.75, 3.05) is 0 Å². The number of piperidine rings is 1. The topological polar surface area (TPSA) is 55.2 Å². The zero-order valence-electron chi connectivity index (χ0n) is 15.0. The lowest BCUT2D eigenvalue weighted by atomic mass is 9.97. The summed E-state index contributed by atoms with van der Waals surface area (Å²) in [6.45, 7) is 4.31. The van der Waals surface area contributed by atoms with Crippen LogP contribution in [0.5, 0.6) is 0 Å². The van der Waals surface area contributed by atoms with Gasteiger partial charge in [0.15, 0.2) is 0 Å². The second-order valence-corrected chi connectivity index (χ2v) is 8.58. The van der Waals surface area contributed by atoms with Crippen molar-refractivity contribution in [3.63, 3.8) is 0 Å². The van der Waals surface area contributed by atoms with Crippen LogP contribution in [0.3, 0.4) is 0 Å². The third-order valence-corrected chi connectivity index (χ3v) is 6.93. The highest BCUT2D eigenvalue weighted by molar-refractivity contribution is 7.18. The van der Waals surface area contributed by atoms with E-state index in [2.05, 4.69) is 18.8 Å². The van der Waals surface area contributed by atoms with Crippen molar-refractivity contribution >= 4 is 27.5 Å². The summed E-state index contributed by atoms with van der Waals surface area (Å²) in [5.74, 6) is 0.0343. The summed E-state index contributed by atoms with van der Waals surface area (Å²) in [6, 6.07) is 0.495. The first kappa shape index (κ1) is 16.8. The Hall–Kier alpha value is -1.69. The molecule has 0 saturated carbocycles. The number of thiophene rings is 1. The van der Waals surface area contributed by atoms with Crippen LogP contribution in [0.2, 0.25) is 0 Å². The molecule has 1 amide bonds. The van der Waals surface area contributed by atoms with Crippen LogP contribution in [0.25, 0.3) is 10.2 Å². The predicted octanol–water partition coefficient (Wildman–Crippen LogP) is 3.13. The molecule has 0 aromatic carbocycles. The maximum absolute atomic E-state index is 13.0. The molecule has 2 atom stereocenters. The van der Waals surface area contributed by atoms with Crippen LogP contribution in [0, 0.1) is 0 Å². The van der Waals surface area contributed by atoms with Crippen LogP contribution in [-0.2, 0) is 24.2 Å². The van der Waals surface area contributed by atoms with E-state index in [1.165, 1.54) is 27.8 Å². The Labute approximate surface area is 151 Å². The van der Waals surface area contributed by atoms with E-state index in [1.807, 2.05) is 4.90 Å². The van der Waals surface area contributed by atoms with Gasteiger partial charge in [0.1, 0.15) is 11.4 Å². The second kappa shape index (κ2) is 6.56. The second-order valence-electron chi connectivity index (χ2n) is 7.50. The fourth-order valence-electron chi connectivity index (χ4n) is 4.43. The molecule has 2 aromatic heterocycles. The van der Waals surface area contributed by atoms with Gasteiger partial charge in [-0.25, -0.2) is 4.98 Å². The molecular formula is C19H25N3O2S. The molecule has 2 aliphatic rings. The average molecular weight is 359 g/mol. The average Bonchev–Trinajstić information content (AvgIpc) is 2.96. The van der Waals surface area contributed by atoms with E-state index in [4.69, 9.17) is 0 Å². The third-order valence-electron chi connectivity index (χ3n) is 5.73. The molecular weight excluding hydrogens is 334 g/mol. The van der Waals surface area contributed by atoms with Crippen molar-refractivity contribution in [3.8, 4) is 0 Å². The summed E-state index contributed by atoms with van der Waals surface area (Å²) in [4.78, 5) is 34.4. The van der Waals surface area contributed by atoms with E-state index in [0.29, 0.717) is 0 Å². The van der Waals surface area contributed by atoms with Crippen LogP contribution >= 0.6 is 11.3 Å². The number of rotatable bonds is 2. The molecule has 4 rings (SSSR count). The van der Waals surface area contributed by atoms with Crippen molar-refractivity contribution in [3.05, 3.63) is 27.1 Å². The molecule has 0 radical (unpaired) electrons. The lowest BCUT2D eigenvalue weighted by Gasteiger charge is -2.39. The van der Waals surface area contributed by atoms with Gasteiger partial charge in [-0.15, -0.1) is 11.3 Å². The number of aromatic nitrogens is 2. The number of fused-ring (bicyclic) bond motifs is 3. The van der Waals surface area contributed by atoms with Gasteiger partial charge in [0.25, 0.3) is 5.56 Å². The number of likely N-dealkylation sites (tertiary alicyclic amines) is 1. The highest BCUT2D eigenvalue weighted by Gasteiger charge is 2.29. The first-order valence-corrected chi connectivity index (χ1v) is 10.2. The van der Waals surface area contributed by atoms with Gasteiger partial charge >= 0.3 is 0 Å². The zero-order valence-corrected chi connectivity index (χ0v) is 15.8. The molecule has 5 nitrogen and oxygen atoms in total. The molecule has 0 spiro atoms. The molecule has 6 heteroatoms. The number of hydrogen-bond donors (Lipinski definition) is 0. The van der Waals surface area contributed by atoms with E-state index in [0.717, 1.165) is 42.3 Å². The first-order valence-electron chi connectivity index (χ1n) is 9.37. The van der Waals surface area contributed by atoms with E-state index in [9.17, 15) is 9.59 Å². The van der Waals surface area contributed by atoms with Gasteiger partial charge in [-0.2, -0.15) is 0 Å². The van der Waals surface area contributed by atoms with Gasteiger partial charge in [0, 0.05) is 17.0 Å². The number of carbonyl (C=O) groups is 1. The van der Waals surface area contributed by atoms with Crippen LogP contribution in [0.1, 0.15) is 56.4 Å². The fourth-order valence-corrected chi connectivity index (χ4v) is 5.65. The van der Waals surface area contributed by atoms with E-state index >= 15 is 0 Å². The lowest BCUT2D eigenvalue weighted by molar-refractivity contribution is -0.138. The van der Waals surface area contributed by atoms with Crippen LogP contribution in [-0.4, -0.2) is 32.4 Å². The molecule has 2 aromatic rings. The molecule has 134 valence electrons. The summed E-state index contributed by atoms with van der Waals surface area (Å²) in [7, 11) is 0. The zero-order chi connectivity index (χ0) is 17.6. The van der Waals surface area contributed by atoms with Crippen LogP contribution in [0.4, 0.5) is 0 Å². The molecule has 2 unspecified atom stereocenters. The quantitative estimate of drug-likeness (QED) is 0.828. The summed E-state index contributed by atoms with van der Waals surface area (Å²) >= 11 is 1.65. The maximum Gasteiger partial charge on any atom is 0.262 e. The largest absolute Gasteiger partial charge is 0.336 e. The number of aryl methyl sites for hydroxylation is 2. The fraction of sp³-hybridized carbons (Fsp3) is 0.632. The minimum Gasteiger partial charge on any atom is -0.336 e. The minimum absolute atomic E-state index is 0.0343. The lowest BCUT2D eigenvalue weighted by Crippen LogP contribution is -2.49. The SMILES string of the molecule is CC1CCCC(C)N1C(=O)Cn1cnc2sc3c(c2c1=O)CCCC3. The highest BCUT2D eigenvalue weighted by Crippen LogP contribution is 2.33. The van der Waals surface area contributed by atoms with E-state index in [-0.39, 0.29) is 30.1 Å². The monoisotopic (exact) mass is 359 g/mol. The van der Waals surface area contributed by atoms with Gasteiger partial charge in [0.2, 0.25) is 5.91 Å². The summed E-state index contributed by atoms with van der Waals surface area (Å²) < 4.78 is 1.51. The normalized spacial score (nSPS) is 23.7.